The van der Waals surface area contributed by atoms with Crippen molar-refractivity contribution in [2.45, 2.75) is 32.2 Å². The summed E-state index contributed by atoms with van der Waals surface area (Å²) in [4.78, 5) is 12.4. The maximum absolute atomic E-state index is 13.2. The number of hydrogen-bond donors (Lipinski definition) is 2. The summed E-state index contributed by atoms with van der Waals surface area (Å²) in [5, 5.41) is 20.0. The summed E-state index contributed by atoms with van der Waals surface area (Å²) in [6.07, 6.45) is -5.83. The molecule has 1 unspecified atom stereocenters. The number of carbonyl (C=O) groups excluding carboxylic acids is 1. The fraction of sp³-hybridized carbons (Fsp3) is 0.312. The third-order valence-corrected chi connectivity index (χ3v) is 3.93. The number of carbonyl (C=O) groups is 1. The Hall–Kier alpha value is -2.68. The van der Waals surface area contributed by atoms with Crippen molar-refractivity contribution in [1.29, 1.82) is 0 Å². The van der Waals surface area contributed by atoms with Gasteiger partial charge in [-0.1, -0.05) is 29.8 Å². The summed E-state index contributed by atoms with van der Waals surface area (Å²) >= 11 is 0. The van der Waals surface area contributed by atoms with Crippen LogP contribution in [-0.2, 0) is 0 Å². The summed E-state index contributed by atoms with van der Waals surface area (Å²) in [5.41, 5.74) is -1.41. The van der Waals surface area contributed by atoms with Gasteiger partial charge in [-0.15, -0.1) is 0 Å². The van der Waals surface area contributed by atoms with Gasteiger partial charge in [0.05, 0.1) is 5.69 Å². The van der Waals surface area contributed by atoms with Gasteiger partial charge in [-0.3, -0.25) is 9.89 Å². The zero-order valence-corrected chi connectivity index (χ0v) is 13.4. The van der Waals surface area contributed by atoms with E-state index in [2.05, 4.69) is 15.3 Å². The molecule has 25 heavy (non-hydrogen) atoms. The summed E-state index contributed by atoms with van der Waals surface area (Å²) in [6, 6.07) is 8.59. The number of aliphatic hydroxyl groups is 1. The first kappa shape index (κ1) is 17.2. The van der Waals surface area contributed by atoms with Gasteiger partial charge in [0, 0.05) is 17.7 Å². The van der Waals surface area contributed by atoms with Crippen molar-refractivity contribution in [3.05, 3.63) is 41.6 Å². The lowest BCUT2D eigenvalue weighted by Crippen LogP contribution is -2.56. The van der Waals surface area contributed by atoms with Crippen LogP contribution in [0.1, 0.15) is 29.4 Å². The fourth-order valence-corrected chi connectivity index (χ4v) is 2.57. The van der Waals surface area contributed by atoms with Crippen LogP contribution in [0, 0.1) is 6.92 Å². The number of benzene rings is 1. The molecule has 0 radical (unpaired) electrons. The molecule has 0 fully saturated rings. The van der Waals surface area contributed by atoms with Crippen LogP contribution in [0.25, 0.3) is 11.3 Å². The Kier molecular flexibility index (Phi) is 3.91. The Morgan fingerprint density at radius 3 is 2.52 bits per heavy atom. The molecule has 0 bridgehead atoms. The largest absolute Gasteiger partial charge is 0.438 e. The minimum atomic E-state index is -5.04. The number of nitrogens with one attached hydrogen (secondary N) is 1. The minimum Gasteiger partial charge on any atom is -0.362 e. The van der Waals surface area contributed by atoms with Gasteiger partial charge in [0.2, 0.25) is 0 Å². The molecule has 1 atom stereocenters. The number of rotatable bonds is 2. The number of halogens is 3. The van der Waals surface area contributed by atoms with Crippen molar-refractivity contribution in [2.24, 2.45) is 5.10 Å². The second-order valence-corrected chi connectivity index (χ2v) is 5.98. The van der Waals surface area contributed by atoms with Crippen molar-refractivity contribution in [3.63, 3.8) is 0 Å². The van der Waals surface area contributed by atoms with Crippen molar-refractivity contribution >= 4 is 11.6 Å². The molecule has 9 heteroatoms. The van der Waals surface area contributed by atoms with E-state index in [1.54, 1.807) is 12.1 Å². The number of aromatic amines is 1. The molecule has 3 rings (SSSR count). The highest BCUT2D eigenvalue weighted by atomic mass is 19.4. The molecule has 132 valence electrons. The van der Waals surface area contributed by atoms with E-state index in [0.29, 0.717) is 11.3 Å². The number of hydrazone groups is 1. The van der Waals surface area contributed by atoms with E-state index in [4.69, 9.17) is 0 Å². The Bertz CT molecular complexity index is 842. The predicted molar refractivity (Wildman–Crippen MR) is 83.7 cm³/mol. The average molecular weight is 352 g/mol. The number of amides is 1. The van der Waals surface area contributed by atoms with Crippen LogP contribution < -0.4 is 0 Å². The standard InChI is InChI=1S/C16H15F3N4O2/c1-9-3-5-11(6-4-9)12-7-13(21-20-12)14(24)23-15(25,16(17,18)19)8-10(2)22-23/h3-7,25H,8H2,1-2H3,(H,20,21). The molecule has 0 saturated carbocycles. The van der Waals surface area contributed by atoms with E-state index in [-0.39, 0.29) is 16.4 Å². The smallest absolute Gasteiger partial charge is 0.362 e. The Morgan fingerprint density at radius 2 is 1.92 bits per heavy atom. The summed E-state index contributed by atoms with van der Waals surface area (Å²) in [5.74, 6) is -1.11. The van der Waals surface area contributed by atoms with Crippen LogP contribution in [0.15, 0.2) is 35.4 Å². The zero-order valence-electron chi connectivity index (χ0n) is 13.4. The minimum absolute atomic E-state index is 0.00597. The molecule has 2 aromatic rings. The Labute approximate surface area is 141 Å². The summed E-state index contributed by atoms with van der Waals surface area (Å²) in [7, 11) is 0. The molecule has 1 aromatic carbocycles. The Balaban J connectivity index is 1.92. The molecule has 2 heterocycles. The van der Waals surface area contributed by atoms with E-state index in [1.165, 1.54) is 13.0 Å². The molecule has 2 N–H and O–H groups in total. The number of aromatic nitrogens is 2. The first-order chi connectivity index (χ1) is 11.6. The van der Waals surface area contributed by atoms with Crippen LogP contribution in [-0.4, -0.2) is 43.8 Å². The molecule has 0 spiro atoms. The topological polar surface area (TPSA) is 81.6 Å². The Morgan fingerprint density at radius 1 is 1.28 bits per heavy atom. The normalized spacial score (nSPS) is 20.7. The van der Waals surface area contributed by atoms with Crippen molar-refractivity contribution in [3.8, 4) is 11.3 Å². The first-order valence-corrected chi connectivity index (χ1v) is 7.42. The van der Waals surface area contributed by atoms with Gasteiger partial charge in [-0.25, -0.2) is 0 Å². The van der Waals surface area contributed by atoms with E-state index in [1.807, 2.05) is 19.1 Å². The van der Waals surface area contributed by atoms with Gasteiger partial charge in [0.15, 0.2) is 0 Å². The molecular weight excluding hydrogens is 337 g/mol. The maximum Gasteiger partial charge on any atom is 0.438 e. The molecule has 6 nitrogen and oxygen atoms in total. The summed E-state index contributed by atoms with van der Waals surface area (Å²) in [6.45, 7) is 3.23. The van der Waals surface area contributed by atoms with Crippen molar-refractivity contribution in [1.82, 2.24) is 15.2 Å². The third kappa shape index (κ3) is 2.91. The van der Waals surface area contributed by atoms with Gasteiger partial charge in [0.25, 0.3) is 11.6 Å². The number of aryl methyl sites for hydroxylation is 1. The number of alkyl halides is 3. The quantitative estimate of drug-likeness (QED) is 0.872. The van der Waals surface area contributed by atoms with Gasteiger partial charge < -0.3 is 5.11 Å². The number of nitrogens with zero attached hydrogens (tertiary/aromatic N) is 3. The van der Waals surface area contributed by atoms with Gasteiger partial charge in [-0.05, 0) is 19.9 Å². The first-order valence-electron chi connectivity index (χ1n) is 7.42. The highest BCUT2D eigenvalue weighted by molar-refractivity contribution is 5.97. The SMILES string of the molecule is CC1=NN(C(=O)c2cc(-c3ccc(C)cc3)n[nH]2)C(O)(C(F)(F)F)C1. The van der Waals surface area contributed by atoms with E-state index in [0.717, 1.165) is 5.56 Å². The van der Waals surface area contributed by atoms with E-state index in [9.17, 15) is 23.1 Å². The molecule has 1 aliphatic rings. The van der Waals surface area contributed by atoms with E-state index >= 15 is 0 Å². The highest BCUT2D eigenvalue weighted by Gasteiger charge is 2.62. The molecule has 0 aliphatic carbocycles. The molecule has 1 aromatic heterocycles. The lowest BCUT2D eigenvalue weighted by Gasteiger charge is -2.32. The van der Waals surface area contributed by atoms with Crippen LogP contribution in [0.3, 0.4) is 0 Å². The van der Waals surface area contributed by atoms with Gasteiger partial charge in [-0.2, -0.15) is 28.4 Å². The van der Waals surface area contributed by atoms with Crippen molar-refractivity contribution < 1.29 is 23.1 Å². The molecule has 0 saturated heterocycles. The average Bonchev–Trinajstić information content (AvgIpc) is 3.12. The van der Waals surface area contributed by atoms with Crippen LogP contribution in [0.5, 0.6) is 0 Å². The third-order valence-electron chi connectivity index (χ3n) is 3.93. The second-order valence-electron chi connectivity index (χ2n) is 5.98. The molecule has 1 amide bonds. The van der Waals surface area contributed by atoms with Crippen LogP contribution >= 0.6 is 0 Å². The number of H-pyrrole nitrogens is 1. The zero-order chi connectivity index (χ0) is 18.4. The lowest BCUT2D eigenvalue weighted by atomic mass is 10.1. The maximum atomic E-state index is 13.2. The highest BCUT2D eigenvalue weighted by Crippen LogP contribution is 2.40. The predicted octanol–water partition coefficient (Wildman–Crippen LogP) is 2.86. The van der Waals surface area contributed by atoms with Crippen molar-refractivity contribution in [2.75, 3.05) is 0 Å². The van der Waals surface area contributed by atoms with E-state index < -0.39 is 24.2 Å². The fourth-order valence-electron chi connectivity index (χ4n) is 2.57. The number of hydrogen-bond acceptors (Lipinski definition) is 4. The van der Waals surface area contributed by atoms with Crippen LogP contribution in [0.4, 0.5) is 13.2 Å². The second kappa shape index (κ2) is 5.69. The monoisotopic (exact) mass is 352 g/mol. The van der Waals surface area contributed by atoms with Crippen LogP contribution in [0.2, 0.25) is 0 Å². The molecule has 1 aliphatic heterocycles. The molecular formula is C16H15F3N4O2. The summed E-state index contributed by atoms with van der Waals surface area (Å²) < 4.78 is 39.6. The lowest BCUT2D eigenvalue weighted by molar-refractivity contribution is -0.297. The van der Waals surface area contributed by atoms with Gasteiger partial charge in [0.1, 0.15) is 5.69 Å². The van der Waals surface area contributed by atoms with Gasteiger partial charge >= 0.3 is 6.18 Å².